The first-order valence-electron chi connectivity index (χ1n) is 9.02. The predicted octanol–water partition coefficient (Wildman–Crippen LogP) is 0.768. The van der Waals surface area contributed by atoms with Crippen LogP contribution < -0.4 is 5.32 Å². The highest BCUT2D eigenvalue weighted by molar-refractivity contribution is 7.09. The molecule has 3 heterocycles. The second kappa shape index (κ2) is 10.7. The summed E-state index contributed by atoms with van der Waals surface area (Å²) in [6.07, 6.45) is 0.908. The van der Waals surface area contributed by atoms with Crippen molar-refractivity contribution in [1.82, 2.24) is 25.4 Å². The monoisotopic (exact) mass is 423 g/mol. The number of nitrogens with one attached hydrogen (secondary N) is 2. The van der Waals surface area contributed by atoms with E-state index in [0.717, 1.165) is 22.0 Å². The van der Waals surface area contributed by atoms with E-state index >= 15 is 0 Å². The van der Waals surface area contributed by atoms with Crippen molar-refractivity contribution in [3.8, 4) is 0 Å². The molecule has 0 unspecified atom stereocenters. The predicted molar refractivity (Wildman–Crippen MR) is 106 cm³/mol. The number of rotatable bonds is 6. The SMILES string of the molecule is COC[C@H](C)NC(=O)c1n[nH]c2c1CCN(C(=O)Cc1csc(C)n1)C2.O=CO. The molecule has 1 aliphatic heterocycles. The molecule has 1 aliphatic rings. The van der Waals surface area contributed by atoms with Crippen LogP contribution in [0, 0.1) is 6.92 Å². The number of methoxy groups -OCH3 is 1. The van der Waals surface area contributed by atoms with Gasteiger partial charge < -0.3 is 20.1 Å². The second-order valence-electron chi connectivity index (χ2n) is 6.56. The van der Waals surface area contributed by atoms with Crippen LogP contribution in [0.25, 0.3) is 0 Å². The lowest BCUT2D eigenvalue weighted by Crippen LogP contribution is -2.38. The molecule has 0 saturated carbocycles. The molecule has 1 atom stereocenters. The summed E-state index contributed by atoms with van der Waals surface area (Å²) in [5.41, 5.74) is 2.93. The summed E-state index contributed by atoms with van der Waals surface area (Å²) in [4.78, 5) is 39.4. The number of aromatic nitrogens is 3. The highest BCUT2D eigenvalue weighted by Crippen LogP contribution is 2.21. The number of carbonyl (C=O) groups excluding carboxylic acids is 2. The lowest BCUT2D eigenvalue weighted by Gasteiger charge is -2.26. The molecule has 3 rings (SSSR count). The van der Waals surface area contributed by atoms with Crippen LogP contribution in [0.2, 0.25) is 0 Å². The van der Waals surface area contributed by atoms with Gasteiger partial charge in [-0.15, -0.1) is 11.3 Å². The quantitative estimate of drug-likeness (QED) is 0.584. The third-order valence-corrected chi connectivity index (χ3v) is 5.12. The zero-order chi connectivity index (χ0) is 21.4. The fraction of sp³-hybridized carbons (Fsp3) is 0.500. The van der Waals surface area contributed by atoms with Gasteiger partial charge in [-0.05, 0) is 20.3 Å². The van der Waals surface area contributed by atoms with Crippen LogP contribution in [0.5, 0.6) is 0 Å². The van der Waals surface area contributed by atoms with E-state index in [1.54, 1.807) is 23.3 Å². The number of nitrogens with zero attached hydrogens (tertiary/aromatic N) is 3. The number of hydrogen-bond acceptors (Lipinski definition) is 7. The molecule has 158 valence electrons. The molecule has 2 aromatic heterocycles. The molecular formula is C18H25N5O5S. The molecular weight excluding hydrogens is 398 g/mol. The summed E-state index contributed by atoms with van der Waals surface area (Å²) in [7, 11) is 1.59. The van der Waals surface area contributed by atoms with Crippen LogP contribution in [0.4, 0.5) is 0 Å². The van der Waals surface area contributed by atoms with E-state index in [1.807, 2.05) is 19.2 Å². The zero-order valence-corrected chi connectivity index (χ0v) is 17.4. The molecule has 0 aliphatic carbocycles. The molecule has 0 bridgehead atoms. The normalized spacial score (nSPS) is 13.7. The third kappa shape index (κ3) is 6.09. The van der Waals surface area contributed by atoms with Crippen molar-refractivity contribution in [1.29, 1.82) is 0 Å². The van der Waals surface area contributed by atoms with E-state index in [-0.39, 0.29) is 24.3 Å². The number of aryl methyl sites for hydroxylation is 1. The summed E-state index contributed by atoms with van der Waals surface area (Å²) in [5.74, 6) is -0.181. The van der Waals surface area contributed by atoms with E-state index in [4.69, 9.17) is 14.6 Å². The number of hydrogen-bond donors (Lipinski definition) is 3. The summed E-state index contributed by atoms with van der Waals surface area (Å²) in [6.45, 7) is 5.00. The van der Waals surface area contributed by atoms with E-state index in [0.29, 0.717) is 38.2 Å². The number of H-pyrrole nitrogens is 1. The first kappa shape index (κ1) is 22.5. The molecule has 0 spiro atoms. The third-order valence-electron chi connectivity index (χ3n) is 4.29. The molecule has 0 radical (unpaired) electrons. The minimum Gasteiger partial charge on any atom is -0.483 e. The Hall–Kier alpha value is -2.79. The molecule has 29 heavy (non-hydrogen) atoms. The number of amides is 2. The molecule has 2 aromatic rings. The Bertz CT molecular complexity index is 850. The molecule has 0 fully saturated rings. The van der Waals surface area contributed by atoms with Crippen LogP contribution in [-0.2, 0) is 33.7 Å². The van der Waals surface area contributed by atoms with Gasteiger partial charge in [0.05, 0.1) is 36.0 Å². The van der Waals surface area contributed by atoms with Gasteiger partial charge in [0.25, 0.3) is 12.4 Å². The maximum absolute atomic E-state index is 12.5. The van der Waals surface area contributed by atoms with Crippen LogP contribution >= 0.6 is 11.3 Å². The van der Waals surface area contributed by atoms with Gasteiger partial charge in [-0.3, -0.25) is 19.5 Å². The minimum atomic E-state index is -0.250. The molecule has 11 heteroatoms. The van der Waals surface area contributed by atoms with Gasteiger partial charge in [-0.25, -0.2) is 4.98 Å². The number of thiazole rings is 1. The van der Waals surface area contributed by atoms with Gasteiger partial charge in [-0.1, -0.05) is 0 Å². The smallest absolute Gasteiger partial charge is 0.290 e. The second-order valence-corrected chi connectivity index (χ2v) is 7.63. The lowest BCUT2D eigenvalue weighted by atomic mass is 10.0. The maximum atomic E-state index is 12.5. The first-order valence-corrected chi connectivity index (χ1v) is 9.90. The van der Waals surface area contributed by atoms with Crippen LogP contribution in [-0.4, -0.2) is 69.8 Å². The van der Waals surface area contributed by atoms with Crippen LogP contribution in [0.1, 0.15) is 39.4 Å². The van der Waals surface area contributed by atoms with Gasteiger partial charge in [0.15, 0.2) is 5.69 Å². The van der Waals surface area contributed by atoms with E-state index in [2.05, 4.69) is 20.5 Å². The highest BCUT2D eigenvalue weighted by atomic mass is 32.1. The summed E-state index contributed by atoms with van der Waals surface area (Å²) in [5, 5.41) is 19.7. The number of aromatic amines is 1. The van der Waals surface area contributed by atoms with Crippen molar-refractivity contribution in [2.45, 2.75) is 39.3 Å². The fourth-order valence-electron chi connectivity index (χ4n) is 3.06. The Labute approximate surface area is 172 Å². The Morgan fingerprint density at radius 2 is 2.24 bits per heavy atom. The Balaban J connectivity index is 0.000000941. The highest BCUT2D eigenvalue weighted by Gasteiger charge is 2.28. The summed E-state index contributed by atoms with van der Waals surface area (Å²) < 4.78 is 5.03. The van der Waals surface area contributed by atoms with Gasteiger partial charge in [0, 0.05) is 30.6 Å². The fourth-order valence-corrected chi connectivity index (χ4v) is 3.67. The molecule has 2 amide bonds. The van der Waals surface area contributed by atoms with Crippen molar-refractivity contribution < 1.29 is 24.2 Å². The Kier molecular flexibility index (Phi) is 8.28. The molecule has 10 nitrogen and oxygen atoms in total. The number of carbonyl (C=O) groups is 3. The standard InChI is InChI=1S/C17H23N5O3S.CH2O2/c1-10(8-25-3)18-17(24)16-13-4-5-22(7-14(13)20-21-16)15(23)6-12-9-26-11(2)19-12;2-1-3/h9-10H,4-8H2,1-3H3,(H,18,24)(H,20,21);1H,(H,2,3)/t10-;/m0./s1. The average molecular weight is 423 g/mol. The molecule has 0 aromatic carbocycles. The zero-order valence-electron chi connectivity index (χ0n) is 16.6. The molecule has 3 N–H and O–H groups in total. The first-order chi connectivity index (χ1) is 13.9. The average Bonchev–Trinajstić information content (AvgIpc) is 3.27. The lowest BCUT2D eigenvalue weighted by molar-refractivity contribution is -0.131. The number of fused-ring (bicyclic) bond motifs is 1. The minimum absolute atomic E-state index is 0.0373. The number of ether oxygens (including phenoxy) is 1. The van der Waals surface area contributed by atoms with Gasteiger partial charge in [-0.2, -0.15) is 5.10 Å². The largest absolute Gasteiger partial charge is 0.483 e. The Morgan fingerprint density at radius 3 is 2.86 bits per heavy atom. The van der Waals surface area contributed by atoms with Gasteiger partial charge in [0.1, 0.15) is 0 Å². The van der Waals surface area contributed by atoms with Crippen molar-refractivity contribution in [2.24, 2.45) is 0 Å². The maximum Gasteiger partial charge on any atom is 0.290 e. The summed E-state index contributed by atoms with van der Waals surface area (Å²) >= 11 is 1.54. The van der Waals surface area contributed by atoms with E-state index in [9.17, 15) is 9.59 Å². The van der Waals surface area contributed by atoms with Crippen molar-refractivity contribution in [3.05, 3.63) is 33.0 Å². The van der Waals surface area contributed by atoms with Crippen molar-refractivity contribution in [3.63, 3.8) is 0 Å². The van der Waals surface area contributed by atoms with E-state index < -0.39 is 0 Å². The van der Waals surface area contributed by atoms with Crippen LogP contribution in [0.3, 0.4) is 0 Å². The van der Waals surface area contributed by atoms with Crippen LogP contribution in [0.15, 0.2) is 5.38 Å². The van der Waals surface area contributed by atoms with E-state index in [1.165, 1.54) is 0 Å². The Morgan fingerprint density at radius 1 is 1.52 bits per heavy atom. The van der Waals surface area contributed by atoms with Crippen molar-refractivity contribution in [2.75, 3.05) is 20.3 Å². The van der Waals surface area contributed by atoms with Gasteiger partial charge in [0.2, 0.25) is 5.91 Å². The molecule has 0 saturated heterocycles. The summed E-state index contributed by atoms with van der Waals surface area (Å²) in [6, 6.07) is -0.0944. The van der Waals surface area contributed by atoms with Gasteiger partial charge >= 0.3 is 0 Å². The van der Waals surface area contributed by atoms with Crippen molar-refractivity contribution >= 4 is 29.6 Å². The number of carboxylic acid groups (broad SMARTS) is 1. The topological polar surface area (TPSA) is 138 Å².